The van der Waals surface area contributed by atoms with Crippen LogP contribution in [0.3, 0.4) is 0 Å². The minimum absolute atomic E-state index is 0.00155. The van der Waals surface area contributed by atoms with Crippen molar-refractivity contribution >= 4 is 11.8 Å². The zero-order valence-electron chi connectivity index (χ0n) is 15.8. The zero-order valence-corrected chi connectivity index (χ0v) is 15.8. The standard InChI is InChI=1S/C21H28N2O3/c1-21(2,3)20(25)22-13-7-12-19(24)23(16-18-11-8-14-26-18)15-17-9-5-4-6-10-17/h4-6,8-11,14H,7,12-13,15-16H2,1-3H3,(H,22,25). The largest absolute Gasteiger partial charge is 0.467 e. The van der Waals surface area contributed by atoms with E-state index >= 15 is 0 Å². The molecule has 0 spiro atoms. The average Bonchev–Trinajstić information content (AvgIpc) is 3.11. The molecule has 1 heterocycles. The summed E-state index contributed by atoms with van der Waals surface area (Å²) in [5.41, 5.74) is 0.663. The predicted molar refractivity (Wildman–Crippen MR) is 101 cm³/mol. The second-order valence-corrected chi connectivity index (χ2v) is 7.42. The van der Waals surface area contributed by atoms with E-state index in [2.05, 4.69) is 5.32 Å². The van der Waals surface area contributed by atoms with Gasteiger partial charge in [-0.25, -0.2) is 0 Å². The fourth-order valence-electron chi connectivity index (χ4n) is 2.49. The summed E-state index contributed by atoms with van der Waals surface area (Å²) in [6.45, 7) is 7.10. The molecule has 0 atom stereocenters. The van der Waals surface area contributed by atoms with E-state index in [0.717, 1.165) is 11.3 Å². The van der Waals surface area contributed by atoms with Crippen molar-refractivity contribution in [1.29, 1.82) is 0 Å². The summed E-state index contributed by atoms with van der Waals surface area (Å²) in [6, 6.07) is 13.6. The monoisotopic (exact) mass is 356 g/mol. The van der Waals surface area contributed by atoms with Crippen molar-refractivity contribution in [2.75, 3.05) is 6.54 Å². The Kier molecular flexibility index (Phi) is 7.01. The van der Waals surface area contributed by atoms with Gasteiger partial charge in [0.2, 0.25) is 11.8 Å². The Morgan fingerprint density at radius 1 is 1.04 bits per heavy atom. The van der Waals surface area contributed by atoms with E-state index in [0.29, 0.717) is 32.5 Å². The third-order valence-corrected chi connectivity index (χ3v) is 4.03. The number of furan rings is 1. The van der Waals surface area contributed by atoms with Crippen LogP contribution in [0.15, 0.2) is 53.1 Å². The van der Waals surface area contributed by atoms with Crippen LogP contribution in [0.4, 0.5) is 0 Å². The van der Waals surface area contributed by atoms with Crippen molar-refractivity contribution in [3.8, 4) is 0 Å². The molecule has 1 aromatic carbocycles. The van der Waals surface area contributed by atoms with Crippen LogP contribution in [-0.4, -0.2) is 23.3 Å². The van der Waals surface area contributed by atoms with Gasteiger partial charge in [-0.15, -0.1) is 0 Å². The minimum Gasteiger partial charge on any atom is -0.467 e. The van der Waals surface area contributed by atoms with Gasteiger partial charge in [0.15, 0.2) is 0 Å². The lowest BCUT2D eigenvalue weighted by Gasteiger charge is -2.22. The molecular weight excluding hydrogens is 328 g/mol. The molecule has 0 bridgehead atoms. The summed E-state index contributed by atoms with van der Waals surface area (Å²) in [7, 11) is 0. The van der Waals surface area contributed by atoms with Gasteiger partial charge in [-0.1, -0.05) is 51.1 Å². The molecule has 1 aromatic heterocycles. The molecule has 0 unspecified atom stereocenters. The quantitative estimate of drug-likeness (QED) is 0.733. The van der Waals surface area contributed by atoms with E-state index in [-0.39, 0.29) is 11.8 Å². The van der Waals surface area contributed by atoms with E-state index in [1.807, 2.05) is 63.2 Å². The number of nitrogens with one attached hydrogen (secondary N) is 1. The highest BCUT2D eigenvalue weighted by Crippen LogP contribution is 2.14. The Labute approximate surface area is 155 Å². The molecular formula is C21H28N2O3. The number of benzene rings is 1. The number of rotatable bonds is 8. The van der Waals surface area contributed by atoms with Crippen LogP contribution in [0, 0.1) is 5.41 Å². The summed E-state index contributed by atoms with van der Waals surface area (Å²) in [4.78, 5) is 26.4. The van der Waals surface area contributed by atoms with Crippen LogP contribution >= 0.6 is 0 Å². The molecule has 2 amide bonds. The van der Waals surface area contributed by atoms with Crippen molar-refractivity contribution in [2.24, 2.45) is 5.41 Å². The molecule has 0 fully saturated rings. The van der Waals surface area contributed by atoms with E-state index in [1.165, 1.54) is 0 Å². The fourth-order valence-corrected chi connectivity index (χ4v) is 2.49. The molecule has 0 saturated carbocycles. The molecule has 0 aliphatic heterocycles. The van der Waals surface area contributed by atoms with Gasteiger partial charge < -0.3 is 14.6 Å². The molecule has 5 heteroatoms. The van der Waals surface area contributed by atoms with Gasteiger partial charge in [0.05, 0.1) is 12.8 Å². The van der Waals surface area contributed by atoms with Crippen molar-refractivity contribution in [3.63, 3.8) is 0 Å². The lowest BCUT2D eigenvalue weighted by molar-refractivity contribution is -0.133. The number of carbonyl (C=O) groups is 2. The van der Waals surface area contributed by atoms with Crippen LogP contribution in [0.5, 0.6) is 0 Å². The molecule has 140 valence electrons. The maximum absolute atomic E-state index is 12.7. The van der Waals surface area contributed by atoms with Crippen LogP contribution in [0.25, 0.3) is 0 Å². The highest BCUT2D eigenvalue weighted by atomic mass is 16.3. The molecule has 2 rings (SSSR count). The first-order valence-electron chi connectivity index (χ1n) is 8.98. The fraction of sp³-hybridized carbons (Fsp3) is 0.429. The van der Waals surface area contributed by atoms with Gasteiger partial charge in [0.25, 0.3) is 0 Å². The lowest BCUT2D eigenvalue weighted by Crippen LogP contribution is -2.36. The highest BCUT2D eigenvalue weighted by Gasteiger charge is 2.21. The second kappa shape index (κ2) is 9.22. The molecule has 0 aliphatic rings. The number of hydrogen-bond acceptors (Lipinski definition) is 3. The van der Waals surface area contributed by atoms with Crippen molar-refractivity contribution < 1.29 is 14.0 Å². The SMILES string of the molecule is CC(C)(C)C(=O)NCCCC(=O)N(Cc1ccccc1)Cc1ccco1. The van der Waals surface area contributed by atoms with Crippen LogP contribution in [0.2, 0.25) is 0 Å². The van der Waals surface area contributed by atoms with Crippen molar-refractivity contribution in [3.05, 3.63) is 60.1 Å². The van der Waals surface area contributed by atoms with Gasteiger partial charge in [-0.2, -0.15) is 0 Å². The Bertz CT molecular complexity index is 688. The summed E-state index contributed by atoms with van der Waals surface area (Å²) in [5, 5.41) is 2.88. The number of amides is 2. The third kappa shape index (κ3) is 6.39. The Morgan fingerprint density at radius 3 is 2.38 bits per heavy atom. The van der Waals surface area contributed by atoms with E-state index < -0.39 is 5.41 Å². The van der Waals surface area contributed by atoms with Crippen molar-refractivity contribution in [1.82, 2.24) is 10.2 Å². The van der Waals surface area contributed by atoms with Crippen LogP contribution < -0.4 is 5.32 Å². The van der Waals surface area contributed by atoms with Crippen molar-refractivity contribution in [2.45, 2.75) is 46.7 Å². The van der Waals surface area contributed by atoms with Gasteiger partial charge >= 0.3 is 0 Å². The zero-order chi connectivity index (χ0) is 19.0. The van der Waals surface area contributed by atoms with Gasteiger partial charge in [-0.3, -0.25) is 9.59 Å². The molecule has 1 N–H and O–H groups in total. The summed E-state index contributed by atoms with van der Waals surface area (Å²) in [6.07, 6.45) is 2.62. The summed E-state index contributed by atoms with van der Waals surface area (Å²) in [5.74, 6) is 0.812. The highest BCUT2D eigenvalue weighted by molar-refractivity contribution is 5.81. The Hall–Kier alpha value is -2.56. The Balaban J connectivity index is 1.89. The number of hydrogen-bond donors (Lipinski definition) is 1. The smallest absolute Gasteiger partial charge is 0.225 e. The lowest BCUT2D eigenvalue weighted by atomic mass is 9.96. The topological polar surface area (TPSA) is 62.6 Å². The first-order chi connectivity index (χ1) is 12.4. The molecule has 0 saturated heterocycles. The van der Waals surface area contributed by atoms with Gasteiger partial charge in [0, 0.05) is 24.9 Å². The summed E-state index contributed by atoms with van der Waals surface area (Å²) >= 11 is 0. The predicted octanol–water partition coefficient (Wildman–Crippen LogP) is 3.75. The van der Waals surface area contributed by atoms with Gasteiger partial charge in [0.1, 0.15) is 5.76 Å². The summed E-state index contributed by atoms with van der Waals surface area (Å²) < 4.78 is 5.40. The first kappa shape index (κ1) is 19.8. The number of carbonyl (C=O) groups excluding carboxylic acids is 2. The molecule has 0 aliphatic carbocycles. The third-order valence-electron chi connectivity index (χ3n) is 4.03. The van der Waals surface area contributed by atoms with Crippen LogP contribution in [0.1, 0.15) is 44.9 Å². The minimum atomic E-state index is -0.414. The molecule has 5 nitrogen and oxygen atoms in total. The molecule has 26 heavy (non-hydrogen) atoms. The first-order valence-corrected chi connectivity index (χ1v) is 8.98. The van der Waals surface area contributed by atoms with Gasteiger partial charge in [-0.05, 0) is 24.1 Å². The maximum Gasteiger partial charge on any atom is 0.225 e. The molecule has 2 aromatic rings. The van der Waals surface area contributed by atoms with E-state index in [1.54, 1.807) is 11.2 Å². The second-order valence-electron chi connectivity index (χ2n) is 7.42. The van der Waals surface area contributed by atoms with Crippen LogP contribution in [-0.2, 0) is 22.7 Å². The Morgan fingerprint density at radius 2 is 1.77 bits per heavy atom. The van der Waals surface area contributed by atoms with E-state index in [4.69, 9.17) is 4.42 Å². The number of nitrogens with zero attached hydrogens (tertiary/aromatic N) is 1. The normalized spacial score (nSPS) is 11.2. The maximum atomic E-state index is 12.7. The average molecular weight is 356 g/mol. The van der Waals surface area contributed by atoms with E-state index in [9.17, 15) is 9.59 Å². The molecule has 0 radical (unpaired) electrons.